The molecule has 0 atom stereocenters. The number of carbonyl (C=O) groups is 3. The van der Waals surface area contributed by atoms with Gasteiger partial charge in [0.25, 0.3) is 11.1 Å². The Balaban J connectivity index is 1.83. The largest absolute Gasteiger partial charge is 0.546 e. The summed E-state index contributed by atoms with van der Waals surface area (Å²) in [5.74, 6) is -1.39. The molecule has 25 heavy (non-hydrogen) atoms. The molecule has 0 bridgehead atoms. The maximum absolute atomic E-state index is 12.5. The Morgan fingerprint density at radius 2 is 1.88 bits per heavy atom. The maximum Gasteiger partial charge on any atom is 0.298 e. The minimum absolute atomic E-state index is 0.283. The van der Waals surface area contributed by atoms with Crippen molar-refractivity contribution in [3.63, 3.8) is 0 Å². The van der Waals surface area contributed by atoms with Gasteiger partial charge in [-0.05, 0) is 47.7 Å². The van der Waals surface area contributed by atoms with Gasteiger partial charge in [0.05, 0.1) is 16.6 Å². The van der Waals surface area contributed by atoms with E-state index in [1.165, 1.54) is 0 Å². The van der Waals surface area contributed by atoms with Gasteiger partial charge in [0.1, 0.15) is 12.4 Å². The Morgan fingerprint density at radius 1 is 1.12 bits per heavy atom. The number of thioether (sulfide) groups is 1. The van der Waals surface area contributed by atoms with Crippen molar-refractivity contribution in [2.75, 3.05) is 11.5 Å². The lowest BCUT2D eigenvalue weighted by molar-refractivity contribution is -0.307. The minimum atomic E-state index is -1.32. The molecule has 1 aliphatic rings. The van der Waals surface area contributed by atoms with E-state index in [2.05, 4.69) is 0 Å². The van der Waals surface area contributed by atoms with Gasteiger partial charge in [0.15, 0.2) is 0 Å². The van der Waals surface area contributed by atoms with Crippen LogP contribution in [0, 0.1) is 0 Å². The topological polar surface area (TPSA) is 86.7 Å². The Bertz CT molecular complexity index is 863. The fraction of sp³-hybridized carbons (Fsp3) is 0.0556. The molecule has 0 spiro atoms. The van der Waals surface area contributed by atoms with Crippen LogP contribution in [-0.2, 0) is 9.59 Å². The number of carboxylic acids is 1. The minimum Gasteiger partial charge on any atom is -0.546 e. The van der Waals surface area contributed by atoms with Crippen LogP contribution in [-0.4, -0.2) is 23.7 Å². The van der Waals surface area contributed by atoms with Crippen LogP contribution in [0.4, 0.5) is 10.5 Å². The molecule has 1 fully saturated rings. The zero-order valence-electron chi connectivity index (χ0n) is 12.9. The second kappa shape index (κ2) is 7.23. The molecule has 2 aromatic rings. The zero-order valence-corrected chi connectivity index (χ0v) is 13.7. The van der Waals surface area contributed by atoms with E-state index in [1.807, 2.05) is 0 Å². The molecule has 1 heterocycles. The lowest BCUT2D eigenvalue weighted by atomic mass is 10.2. The van der Waals surface area contributed by atoms with E-state index in [9.17, 15) is 19.5 Å². The lowest BCUT2D eigenvalue weighted by Gasteiger charge is -2.11. The van der Waals surface area contributed by atoms with Crippen LogP contribution < -0.4 is 14.7 Å². The average Bonchev–Trinajstić information content (AvgIpc) is 2.88. The smallest absolute Gasteiger partial charge is 0.298 e. The molecule has 0 radical (unpaired) electrons. The molecule has 0 saturated carbocycles. The van der Waals surface area contributed by atoms with Crippen LogP contribution in [0.25, 0.3) is 6.08 Å². The first-order valence-corrected chi connectivity index (χ1v) is 8.12. The first kappa shape index (κ1) is 16.8. The van der Waals surface area contributed by atoms with Crippen molar-refractivity contribution in [2.24, 2.45) is 0 Å². The van der Waals surface area contributed by atoms with Crippen molar-refractivity contribution >= 4 is 40.6 Å². The number of benzene rings is 2. The summed E-state index contributed by atoms with van der Waals surface area (Å²) in [5.41, 5.74) is 1.13. The molecule has 0 unspecified atom stereocenters. The van der Waals surface area contributed by atoms with Crippen molar-refractivity contribution in [2.45, 2.75) is 0 Å². The predicted molar refractivity (Wildman–Crippen MR) is 91.8 cm³/mol. The molecule has 0 N–H and O–H groups in total. The molecular weight excluding hydrogens is 342 g/mol. The maximum atomic E-state index is 12.5. The number of hydrogen-bond donors (Lipinski definition) is 0. The molecule has 126 valence electrons. The molecule has 7 heteroatoms. The molecule has 1 saturated heterocycles. The standard InChI is InChI=1S/C18H13NO5S/c20-16(21)11-24-14-8-4-5-12(9-14)10-15-17(22)19(18(23)25-15)13-6-2-1-3-7-13/h1-10H,11H2,(H,20,21)/p-1/b15-10+. The summed E-state index contributed by atoms with van der Waals surface area (Å²) in [5, 5.41) is 10.1. The Hall–Kier alpha value is -3.06. The highest BCUT2D eigenvalue weighted by Crippen LogP contribution is 2.35. The van der Waals surface area contributed by atoms with E-state index in [0.29, 0.717) is 17.0 Å². The fourth-order valence-electron chi connectivity index (χ4n) is 2.26. The summed E-state index contributed by atoms with van der Waals surface area (Å²) in [7, 11) is 0. The number of nitrogens with zero attached hydrogens (tertiary/aromatic N) is 1. The Labute approximate surface area is 147 Å². The predicted octanol–water partition coefficient (Wildman–Crippen LogP) is 2.06. The number of carbonyl (C=O) groups excluding carboxylic acids is 3. The summed E-state index contributed by atoms with van der Waals surface area (Å²) in [6, 6.07) is 15.2. The second-order valence-electron chi connectivity index (χ2n) is 5.09. The molecular formula is C18H12NO5S-. The zero-order chi connectivity index (χ0) is 17.8. The van der Waals surface area contributed by atoms with Crippen LogP contribution in [0.3, 0.4) is 0 Å². The van der Waals surface area contributed by atoms with Crippen LogP contribution in [0.2, 0.25) is 0 Å². The van der Waals surface area contributed by atoms with Gasteiger partial charge in [-0.2, -0.15) is 0 Å². The Morgan fingerprint density at radius 3 is 2.60 bits per heavy atom. The van der Waals surface area contributed by atoms with Crippen LogP contribution in [0.1, 0.15) is 5.56 Å². The quantitative estimate of drug-likeness (QED) is 0.764. The van der Waals surface area contributed by atoms with E-state index in [1.54, 1.807) is 60.7 Å². The van der Waals surface area contributed by atoms with Gasteiger partial charge in [0, 0.05) is 0 Å². The van der Waals surface area contributed by atoms with Crippen molar-refractivity contribution < 1.29 is 24.2 Å². The first-order valence-electron chi connectivity index (χ1n) is 7.30. The number of anilines is 1. The summed E-state index contributed by atoms with van der Waals surface area (Å²) in [6.45, 7) is -0.562. The third-order valence-corrected chi connectivity index (χ3v) is 4.19. The number of imide groups is 1. The highest BCUT2D eigenvalue weighted by Gasteiger charge is 2.36. The number of rotatable bonds is 5. The van der Waals surface area contributed by atoms with Crippen LogP contribution >= 0.6 is 11.8 Å². The van der Waals surface area contributed by atoms with E-state index < -0.39 is 18.5 Å². The first-order chi connectivity index (χ1) is 12.0. The van der Waals surface area contributed by atoms with Crippen LogP contribution in [0.15, 0.2) is 59.5 Å². The molecule has 2 aromatic carbocycles. The second-order valence-corrected chi connectivity index (χ2v) is 6.08. The summed E-state index contributed by atoms with van der Waals surface area (Å²) >= 11 is 0.849. The van der Waals surface area contributed by atoms with Crippen molar-refractivity contribution in [1.82, 2.24) is 0 Å². The normalized spacial score (nSPS) is 15.7. The molecule has 0 aromatic heterocycles. The fourth-order valence-corrected chi connectivity index (χ4v) is 3.10. The Kier molecular flexibility index (Phi) is 4.85. The average molecular weight is 354 g/mol. The molecule has 2 amide bonds. The molecule has 0 aliphatic carbocycles. The molecule has 1 aliphatic heterocycles. The van der Waals surface area contributed by atoms with Gasteiger partial charge in [-0.1, -0.05) is 30.3 Å². The number of carboxylic acid groups (broad SMARTS) is 1. The van der Waals surface area contributed by atoms with Gasteiger partial charge in [-0.3, -0.25) is 9.59 Å². The van der Waals surface area contributed by atoms with Gasteiger partial charge >= 0.3 is 0 Å². The van der Waals surface area contributed by atoms with E-state index >= 15 is 0 Å². The van der Waals surface area contributed by atoms with E-state index in [0.717, 1.165) is 16.7 Å². The highest BCUT2D eigenvalue weighted by atomic mass is 32.2. The van der Waals surface area contributed by atoms with Gasteiger partial charge in [-0.15, -0.1) is 0 Å². The third kappa shape index (κ3) is 3.89. The van der Waals surface area contributed by atoms with Gasteiger partial charge < -0.3 is 14.6 Å². The summed E-state index contributed by atoms with van der Waals surface area (Å²) in [6.07, 6.45) is 1.57. The van der Waals surface area contributed by atoms with Crippen molar-refractivity contribution in [3.05, 3.63) is 65.1 Å². The summed E-state index contributed by atoms with van der Waals surface area (Å²) in [4.78, 5) is 36.5. The SMILES string of the molecule is O=C([O-])COc1cccc(/C=C2/SC(=O)N(c3ccccc3)C2=O)c1. The number of ether oxygens (including phenoxy) is 1. The number of hydrogen-bond acceptors (Lipinski definition) is 6. The van der Waals surface area contributed by atoms with Crippen molar-refractivity contribution in [3.8, 4) is 5.75 Å². The monoisotopic (exact) mass is 354 g/mol. The summed E-state index contributed by atoms with van der Waals surface area (Å²) < 4.78 is 5.05. The van der Waals surface area contributed by atoms with Gasteiger partial charge in [0.2, 0.25) is 0 Å². The number of amides is 2. The van der Waals surface area contributed by atoms with E-state index in [-0.39, 0.29) is 10.1 Å². The van der Waals surface area contributed by atoms with Crippen molar-refractivity contribution in [1.29, 1.82) is 0 Å². The van der Waals surface area contributed by atoms with Gasteiger partial charge in [-0.25, -0.2) is 4.90 Å². The lowest BCUT2D eigenvalue weighted by Crippen LogP contribution is -2.28. The third-order valence-electron chi connectivity index (χ3n) is 3.32. The number of aliphatic carboxylic acids is 1. The highest BCUT2D eigenvalue weighted by molar-refractivity contribution is 8.19. The number of para-hydroxylation sites is 1. The van der Waals surface area contributed by atoms with E-state index in [4.69, 9.17) is 4.74 Å². The van der Waals surface area contributed by atoms with Crippen LogP contribution in [0.5, 0.6) is 5.75 Å². The molecule has 3 rings (SSSR count). The molecule has 6 nitrogen and oxygen atoms in total.